The quantitative estimate of drug-likeness (QED) is 0.574. The van der Waals surface area contributed by atoms with Crippen LogP contribution in [0, 0.1) is 0 Å². The fourth-order valence-electron chi connectivity index (χ4n) is 1.88. The molecule has 1 heterocycles. The van der Waals surface area contributed by atoms with Crippen molar-refractivity contribution >= 4 is 20.0 Å². The summed E-state index contributed by atoms with van der Waals surface area (Å²) in [6.45, 7) is 6.28. The highest BCUT2D eigenvalue weighted by atomic mass is 32.3. The molecule has 0 aliphatic carbocycles. The summed E-state index contributed by atoms with van der Waals surface area (Å²) in [6, 6.07) is 0. The van der Waals surface area contributed by atoms with Gasteiger partial charge in [0.05, 0.1) is 0 Å². The van der Waals surface area contributed by atoms with Crippen LogP contribution in [-0.4, -0.2) is 64.2 Å². The lowest BCUT2D eigenvalue weighted by Gasteiger charge is -2.23. The van der Waals surface area contributed by atoms with Crippen LogP contribution in [0.2, 0.25) is 0 Å². The highest BCUT2D eigenvalue weighted by Crippen LogP contribution is 2.43. The SMILES string of the molecule is CCCN1CCCC1.O=S(=O)(NS(=O)(=O)C(F)(F)C(F)(F)F)C(F)(F)C(F)(F)F. The van der Waals surface area contributed by atoms with Gasteiger partial charge in [0.2, 0.25) is 0 Å². The van der Waals surface area contributed by atoms with Gasteiger partial charge in [-0.3, -0.25) is 0 Å². The summed E-state index contributed by atoms with van der Waals surface area (Å²) < 4.78 is 160. The second-order valence-corrected chi connectivity index (χ2v) is 9.37. The summed E-state index contributed by atoms with van der Waals surface area (Å²) in [7, 11) is -15.0. The average Bonchev–Trinajstić information content (AvgIpc) is 2.97. The lowest BCUT2D eigenvalue weighted by Crippen LogP contribution is -2.57. The molecule has 0 saturated carbocycles. The predicted octanol–water partition coefficient (Wildman–Crippen LogP) is 3.04. The van der Waals surface area contributed by atoms with Crippen LogP contribution < -0.4 is 4.13 Å². The summed E-state index contributed by atoms with van der Waals surface area (Å²) in [5, 5.41) is -13.9. The molecule has 6 nitrogen and oxygen atoms in total. The molecule has 1 aliphatic rings. The maximum atomic E-state index is 12.4. The maximum Gasteiger partial charge on any atom is 0.471 e. The normalized spacial score (nSPS) is 17.8. The van der Waals surface area contributed by atoms with E-state index in [4.69, 9.17) is 0 Å². The zero-order chi connectivity index (χ0) is 23.5. The summed E-state index contributed by atoms with van der Waals surface area (Å²) in [5.74, 6) is 0. The van der Waals surface area contributed by atoms with Gasteiger partial charge < -0.3 is 4.90 Å². The van der Waals surface area contributed by atoms with E-state index >= 15 is 0 Å². The Balaban J connectivity index is 0.000000807. The van der Waals surface area contributed by atoms with Crippen molar-refractivity contribution in [2.75, 3.05) is 19.6 Å². The summed E-state index contributed by atoms with van der Waals surface area (Å²) in [6.07, 6.45) is -9.76. The second-order valence-electron chi connectivity index (χ2n) is 5.67. The van der Waals surface area contributed by atoms with E-state index in [-0.39, 0.29) is 0 Å². The van der Waals surface area contributed by atoms with E-state index in [0.29, 0.717) is 0 Å². The maximum absolute atomic E-state index is 12.4. The third kappa shape index (κ3) is 6.55. The van der Waals surface area contributed by atoms with E-state index in [1.165, 1.54) is 38.9 Å². The highest BCUT2D eigenvalue weighted by Gasteiger charge is 2.73. The lowest BCUT2D eigenvalue weighted by molar-refractivity contribution is -0.242. The minimum atomic E-state index is -7.49. The van der Waals surface area contributed by atoms with Gasteiger partial charge in [-0.1, -0.05) is 11.1 Å². The third-order valence-electron chi connectivity index (χ3n) is 3.29. The number of halogens is 10. The minimum absolute atomic E-state index is 0.969. The second kappa shape index (κ2) is 9.09. The molecule has 0 aromatic rings. The Labute approximate surface area is 159 Å². The van der Waals surface area contributed by atoms with Gasteiger partial charge in [-0.2, -0.15) is 43.9 Å². The molecule has 1 rings (SSSR count). The van der Waals surface area contributed by atoms with Crippen LogP contribution in [-0.2, 0) is 20.0 Å². The van der Waals surface area contributed by atoms with Crippen molar-refractivity contribution in [1.82, 2.24) is 9.03 Å². The van der Waals surface area contributed by atoms with Gasteiger partial charge in [-0.25, -0.2) is 16.8 Å². The standard InChI is InChI=1S/C7H15N.C4HF10NO4S2/c1-2-5-8-6-3-4-7-8;5-1(6,7)3(11,12)20(16,17)15-21(18,19)4(13,14)2(8,9)10/h2-7H2,1H3;15H. The van der Waals surface area contributed by atoms with Gasteiger partial charge in [-0.15, -0.1) is 0 Å². The number of hydrogen-bond donors (Lipinski definition) is 1. The Kier molecular flexibility index (Phi) is 8.81. The van der Waals surface area contributed by atoms with Crippen molar-refractivity contribution in [2.24, 2.45) is 0 Å². The van der Waals surface area contributed by atoms with Crippen LogP contribution in [0.5, 0.6) is 0 Å². The van der Waals surface area contributed by atoms with E-state index in [2.05, 4.69) is 11.8 Å². The van der Waals surface area contributed by atoms with Crippen LogP contribution in [0.15, 0.2) is 0 Å². The van der Waals surface area contributed by atoms with Crippen LogP contribution >= 0.6 is 0 Å². The lowest BCUT2D eigenvalue weighted by atomic mass is 10.4. The molecule has 0 aromatic carbocycles. The molecule has 29 heavy (non-hydrogen) atoms. The molecule has 18 heteroatoms. The Hall–Kier alpha value is -0.880. The van der Waals surface area contributed by atoms with Gasteiger partial charge in [0.15, 0.2) is 0 Å². The molecule has 0 atom stereocenters. The Morgan fingerprint density at radius 3 is 1.28 bits per heavy atom. The van der Waals surface area contributed by atoms with E-state index in [9.17, 15) is 60.7 Å². The molecule has 0 amide bonds. The molecular weight excluding hydrogens is 478 g/mol. The van der Waals surface area contributed by atoms with Crippen LogP contribution in [0.4, 0.5) is 43.9 Å². The third-order valence-corrected chi connectivity index (χ3v) is 6.86. The van der Waals surface area contributed by atoms with Gasteiger partial charge >= 0.3 is 22.9 Å². The van der Waals surface area contributed by atoms with E-state index in [0.717, 1.165) is 0 Å². The van der Waals surface area contributed by atoms with Gasteiger partial charge in [0, 0.05) is 0 Å². The first-order valence-corrected chi connectivity index (χ1v) is 10.5. The Bertz CT molecular complexity index is 687. The predicted molar refractivity (Wildman–Crippen MR) is 78.9 cm³/mol. The number of rotatable bonds is 6. The van der Waals surface area contributed by atoms with E-state index < -0.39 is 47.0 Å². The first kappa shape index (κ1) is 28.1. The summed E-state index contributed by atoms with van der Waals surface area (Å²) in [4.78, 5) is 2.54. The van der Waals surface area contributed by atoms with Crippen molar-refractivity contribution in [2.45, 2.75) is 49.0 Å². The first-order valence-electron chi connectivity index (χ1n) is 7.53. The van der Waals surface area contributed by atoms with Crippen LogP contribution in [0.1, 0.15) is 26.2 Å². The smallest absolute Gasteiger partial charge is 0.303 e. The van der Waals surface area contributed by atoms with Crippen molar-refractivity contribution in [3.8, 4) is 0 Å². The number of nitrogens with one attached hydrogen (secondary N) is 1. The molecule has 0 spiro atoms. The first-order chi connectivity index (χ1) is 12.6. The van der Waals surface area contributed by atoms with Gasteiger partial charge in [-0.05, 0) is 38.9 Å². The molecule has 1 aliphatic heterocycles. The average molecular weight is 494 g/mol. The molecule has 0 aromatic heterocycles. The molecule has 0 bridgehead atoms. The molecule has 1 saturated heterocycles. The number of alkyl halides is 10. The minimum Gasteiger partial charge on any atom is -0.303 e. The number of nitrogens with zero attached hydrogens (tertiary/aromatic N) is 1. The summed E-state index contributed by atoms with van der Waals surface area (Å²) in [5.41, 5.74) is 0. The van der Waals surface area contributed by atoms with Crippen LogP contribution in [0.25, 0.3) is 0 Å². The highest BCUT2D eigenvalue weighted by molar-refractivity contribution is 8.05. The van der Waals surface area contributed by atoms with E-state index in [1.807, 2.05) is 0 Å². The van der Waals surface area contributed by atoms with Crippen molar-refractivity contribution in [3.05, 3.63) is 0 Å². The number of likely N-dealkylation sites (tertiary alicyclic amines) is 1. The molecule has 1 N–H and O–H groups in total. The topological polar surface area (TPSA) is 83.6 Å². The van der Waals surface area contributed by atoms with Crippen molar-refractivity contribution in [3.63, 3.8) is 0 Å². The van der Waals surface area contributed by atoms with Crippen LogP contribution in [0.3, 0.4) is 0 Å². The van der Waals surface area contributed by atoms with Gasteiger partial charge in [0.25, 0.3) is 20.0 Å². The molecule has 0 unspecified atom stereocenters. The fourth-order valence-corrected chi connectivity index (χ4v) is 4.48. The number of sulfonamides is 2. The molecular formula is C11H16F10N2O4S2. The Morgan fingerprint density at radius 1 is 0.724 bits per heavy atom. The zero-order valence-electron chi connectivity index (χ0n) is 14.4. The largest absolute Gasteiger partial charge is 0.471 e. The van der Waals surface area contributed by atoms with Crippen molar-refractivity contribution in [1.29, 1.82) is 0 Å². The zero-order valence-corrected chi connectivity index (χ0v) is 16.1. The molecule has 176 valence electrons. The van der Waals surface area contributed by atoms with Crippen molar-refractivity contribution < 1.29 is 60.7 Å². The Morgan fingerprint density at radius 2 is 1.03 bits per heavy atom. The van der Waals surface area contributed by atoms with E-state index in [1.54, 1.807) is 0 Å². The summed E-state index contributed by atoms with van der Waals surface area (Å²) >= 11 is 0. The molecule has 0 radical (unpaired) electrons. The number of hydrogen-bond acceptors (Lipinski definition) is 5. The fraction of sp³-hybridized carbons (Fsp3) is 1.00. The van der Waals surface area contributed by atoms with Gasteiger partial charge in [0.1, 0.15) is 0 Å². The molecule has 1 fully saturated rings. The monoisotopic (exact) mass is 494 g/mol.